The van der Waals surface area contributed by atoms with Crippen LogP contribution in [0.3, 0.4) is 0 Å². The Morgan fingerprint density at radius 1 is 1.07 bits per heavy atom. The number of piperazine rings is 1. The third-order valence-corrected chi connectivity index (χ3v) is 5.41. The number of nitrogens with one attached hydrogen (secondary N) is 1. The van der Waals surface area contributed by atoms with Crippen molar-refractivity contribution in [3.8, 4) is 5.75 Å². The lowest BCUT2D eigenvalue weighted by Crippen LogP contribution is -2.51. The number of aromatic amines is 1. The van der Waals surface area contributed by atoms with E-state index in [1.54, 1.807) is 0 Å². The van der Waals surface area contributed by atoms with E-state index in [1.807, 2.05) is 41.8 Å². The van der Waals surface area contributed by atoms with Crippen LogP contribution in [-0.2, 0) is 17.6 Å². The third kappa shape index (κ3) is 3.56. The maximum Gasteiger partial charge on any atom is 0.255 e. The van der Waals surface area contributed by atoms with Crippen LogP contribution in [0.4, 0.5) is 0 Å². The van der Waals surface area contributed by atoms with Crippen LogP contribution < -0.4 is 4.74 Å². The van der Waals surface area contributed by atoms with Gasteiger partial charge in [-0.1, -0.05) is 12.1 Å². The van der Waals surface area contributed by atoms with Gasteiger partial charge >= 0.3 is 0 Å². The Balaban J connectivity index is 1.34. The van der Waals surface area contributed by atoms with Crippen LogP contribution in [0.15, 0.2) is 24.3 Å². The molecule has 0 bridgehead atoms. The van der Waals surface area contributed by atoms with Crippen molar-refractivity contribution in [2.24, 2.45) is 0 Å². The number of hydrogen-bond donors (Lipinski definition) is 1. The molecule has 6 heteroatoms. The fourth-order valence-electron chi connectivity index (χ4n) is 3.91. The summed E-state index contributed by atoms with van der Waals surface area (Å²) in [5.74, 6) is 1.10. The molecule has 1 aromatic heterocycles. The quantitative estimate of drug-likeness (QED) is 0.903. The Bertz CT molecular complexity index is 879. The Morgan fingerprint density at radius 2 is 1.81 bits per heavy atom. The molecule has 2 aliphatic heterocycles. The van der Waals surface area contributed by atoms with Crippen LogP contribution >= 0.6 is 0 Å². The number of aryl methyl sites for hydroxylation is 2. The van der Waals surface area contributed by atoms with Crippen molar-refractivity contribution >= 4 is 11.8 Å². The summed E-state index contributed by atoms with van der Waals surface area (Å²) in [5.41, 5.74) is 4.84. The van der Waals surface area contributed by atoms with Crippen molar-refractivity contribution in [1.29, 1.82) is 0 Å². The molecule has 2 aromatic rings. The molecule has 2 amide bonds. The summed E-state index contributed by atoms with van der Waals surface area (Å²) in [7, 11) is 0. The zero-order chi connectivity index (χ0) is 19.0. The fourth-order valence-corrected chi connectivity index (χ4v) is 3.91. The number of aromatic nitrogens is 1. The molecule has 4 rings (SSSR count). The van der Waals surface area contributed by atoms with Gasteiger partial charge in [-0.05, 0) is 37.1 Å². The highest BCUT2D eigenvalue weighted by molar-refractivity contribution is 5.95. The van der Waals surface area contributed by atoms with E-state index in [9.17, 15) is 9.59 Å². The molecule has 1 aromatic carbocycles. The smallest absolute Gasteiger partial charge is 0.255 e. The summed E-state index contributed by atoms with van der Waals surface area (Å²) >= 11 is 0. The van der Waals surface area contributed by atoms with Gasteiger partial charge in [-0.3, -0.25) is 9.59 Å². The first-order chi connectivity index (χ1) is 13.0. The minimum absolute atomic E-state index is 0.0440. The van der Waals surface area contributed by atoms with Crippen molar-refractivity contribution in [1.82, 2.24) is 14.8 Å². The first kappa shape index (κ1) is 17.6. The van der Waals surface area contributed by atoms with E-state index in [4.69, 9.17) is 4.74 Å². The number of rotatable bonds is 3. The lowest BCUT2D eigenvalue weighted by molar-refractivity contribution is -0.131. The van der Waals surface area contributed by atoms with E-state index in [0.29, 0.717) is 32.6 Å². The summed E-state index contributed by atoms with van der Waals surface area (Å²) in [6, 6.07) is 7.91. The Hall–Kier alpha value is -2.76. The Kier molecular flexibility index (Phi) is 4.64. The van der Waals surface area contributed by atoms with Gasteiger partial charge in [0.25, 0.3) is 5.91 Å². The maximum absolute atomic E-state index is 12.7. The Morgan fingerprint density at radius 3 is 2.52 bits per heavy atom. The van der Waals surface area contributed by atoms with E-state index in [1.165, 1.54) is 5.56 Å². The van der Waals surface area contributed by atoms with Crippen molar-refractivity contribution in [3.05, 3.63) is 52.3 Å². The first-order valence-electron chi connectivity index (χ1n) is 9.49. The zero-order valence-electron chi connectivity index (χ0n) is 15.9. The number of H-pyrrole nitrogens is 1. The number of benzene rings is 1. The average Bonchev–Trinajstić information content (AvgIpc) is 3.26. The van der Waals surface area contributed by atoms with Crippen LogP contribution in [-0.4, -0.2) is 59.4 Å². The highest BCUT2D eigenvalue weighted by atomic mass is 16.5. The molecular formula is C21H25N3O3. The fraction of sp³-hybridized carbons (Fsp3) is 0.429. The van der Waals surface area contributed by atoms with Crippen molar-refractivity contribution in [3.63, 3.8) is 0 Å². The van der Waals surface area contributed by atoms with E-state index in [-0.39, 0.29) is 11.8 Å². The first-order valence-corrected chi connectivity index (χ1v) is 9.49. The molecule has 27 heavy (non-hydrogen) atoms. The highest BCUT2D eigenvalue weighted by Crippen LogP contribution is 2.26. The zero-order valence-corrected chi connectivity index (χ0v) is 15.9. The molecule has 142 valence electrons. The molecule has 1 fully saturated rings. The lowest BCUT2D eigenvalue weighted by Gasteiger charge is -2.35. The molecule has 0 radical (unpaired) electrons. The molecule has 0 atom stereocenters. The van der Waals surface area contributed by atoms with Gasteiger partial charge in [-0.15, -0.1) is 0 Å². The van der Waals surface area contributed by atoms with E-state index in [0.717, 1.165) is 41.3 Å². The maximum atomic E-state index is 12.7. The molecule has 0 aliphatic carbocycles. The number of carbonyl (C=O) groups excluding carboxylic acids is 2. The molecule has 1 N–H and O–H groups in total. The second-order valence-electron chi connectivity index (χ2n) is 7.38. The highest BCUT2D eigenvalue weighted by Gasteiger charge is 2.26. The van der Waals surface area contributed by atoms with Crippen molar-refractivity contribution in [2.45, 2.75) is 26.7 Å². The standard InChI is InChI=1S/C21H25N3O3/c1-14-11-18(15(2)22-14)21(26)24-8-6-23(7-9-24)20(25)13-16-3-4-19-17(12-16)5-10-27-19/h3-4,11-12,22H,5-10,13H2,1-2H3. The van der Waals surface area contributed by atoms with Crippen LogP contribution in [0, 0.1) is 13.8 Å². The van der Waals surface area contributed by atoms with Gasteiger partial charge in [-0.25, -0.2) is 0 Å². The molecule has 2 aliphatic rings. The largest absolute Gasteiger partial charge is 0.493 e. The van der Waals surface area contributed by atoms with Gasteiger partial charge in [-0.2, -0.15) is 0 Å². The summed E-state index contributed by atoms with van der Waals surface area (Å²) < 4.78 is 5.52. The van der Waals surface area contributed by atoms with Crippen molar-refractivity contribution < 1.29 is 14.3 Å². The molecule has 0 unspecified atom stereocenters. The molecule has 0 saturated carbocycles. The lowest BCUT2D eigenvalue weighted by atomic mass is 10.1. The van der Waals surface area contributed by atoms with Crippen molar-refractivity contribution in [2.75, 3.05) is 32.8 Å². The number of carbonyl (C=O) groups is 2. The number of hydrogen-bond acceptors (Lipinski definition) is 3. The van der Waals surface area contributed by atoms with Crippen LogP contribution in [0.2, 0.25) is 0 Å². The SMILES string of the molecule is Cc1cc(C(=O)N2CCN(C(=O)Cc3ccc4c(c3)CCO4)CC2)c(C)[nH]1. The number of fused-ring (bicyclic) bond motifs is 1. The van der Waals surface area contributed by atoms with Gasteiger partial charge in [0.1, 0.15) is 5.75 Å². The monoisotopic (exact) mass is 367 g/mol. The third-order valence-electron chi connectivity index (χ3n) is 5.41. The minimum atomic E-state index is 0.0440. The van der Waals surface area contributed by atoms with Gasteiger partial charge in [0.15, 0.2) is 0 Å². The minimum Gasteiger partial charge on any atom is -0.493 e. The number of amides is 2. The van der Waals surface area contributed by atoms with Crippen LogP contribution in [0.5, 0.6) is 5.75 Å². The Labute approximate surface area is 159 Å². The number of nitrogens with zero attached hydrogens (tertiary/aromatic N) is 2. The van der Waals surface area contributed by atoms with Gasteiger partial charge < -0.3 is 19.5 Å². The van der Waals surface area contributed by atoms with Gasteiger partial charge in [0, 0.05) is 44.0 Å². The normalized spacial score (nSPS) is 16.2. The van der Waals surface area contributed by atoms with Crippen LogP contribution in [0.1, 0.15) is 32.9 Å². The molecule has 3 heterocycles. The average molecular weight is 367 g/mol. The van der Waals surface area contributed by atoms with E-state index >= 15 is 0 Å². The molecule has 1 saturated heterocycles. The predicted molar refractivity (Wildman–Crippen MR) is 102 cm³/mol. The van der Waals surface area contributed by atoms with Gasteiger partial charge in [0.05, 0.1) is 18.6 Å². The molecular weight excluding hydrogens is 342 g/mol. The molecule has 0 spiro atoms. The van der Waals surface area contributed by atoms with E-state index < -0.39 is 0 Å². The summed E-state index contributed by atoms with van der Waals surface area (Å²) in [6.45, 7) is 6.91. The summed E-state index contributed by atoms with van der Waals surface area (Å²) in [4.78, 5) is 32.2. The topological polar surface area (TPSA) is 65.6 Å². The van der Waals surface area contributed by atoms with Crippen LogP contribution in [0.25, 0.3) is 0 Å². The summed E-state index contributed by atoms with van der Waals surface area (Å²) in [5, 5.41) is 0. The predicted octanol–water partition coefficient (Wildman–Crippen LogP) is 2.09. The summed E-state index contributed by atoms with van der Waals surface area (Å²) in [6.07, 6.45) is 1.31. The molecule has 6 nitrogen and oxygen atoms in total. The van der Waals surface area contributed by atoms with Gasteiger partial charge in [0.2, 0.25) is 5.91 Å². The van der Waals surface area contributed by atoms with E-state index in [2.05, 4.69) is 11.1 Å². The second-order valence-corrected chi connectivity index (χ2v) is 7.38. The second kappa shape index (κ2) is 7.10. The number of ether oxygens (including phenoxy) is 1.